The van der Waals surface area contributed by atoms with E-state index in [-0.39, 0.29) is 17.3 Å². The van der Waals surface area contributed by atoms with Crippen LogP contribution in [-0.2, 0) is 0 Å². The number of aromatic carboxylic acids is 1. The Bertz CT molecular complexity index is 698. The van der Waals surface area contributed by atoms with Crippen LogP contribution < -0.4 is 5.69 Å². The van der Waals surface area contributed by atoms with Gasteiger partial charge in [0.25, 0.3) is 0 Å². The average Bonchev–Trinajstić information content (AvgIpc) is 3.02. The molecule has 1 aliphatic rings. The van der Waals surface area contributed by atoms with Gasteiger partial charge in [-0.05, 0) is 30.9 Å². The van der Waals surface area contributed by atoms with Crippen LogP contribution in [0.15, 0.2) is 23.0 Å². The number of nitrogens with zero attached hydrogens (tertiary/aromatic N) is 1. The molecule has 2 unspecified atom stereocenters. The van der Waals surface area contributed by atoms with Gasteiger partial charge in [0.1, 0.15) is 0 Å². The molecule has 1 aromatic carbocycles. The molecule has 2 N–H and O–H groups in total. The zero-order valence-electron chi connectivity index (χ0n) is 10.7. The number of carboxylic acid groups (broad SMARTS) is 1. The van der Waals surface area contributed by atoms with Gasteiger partial charge in [0.15, 0.2) is 0 Å². The van der Waals surface area contributed by atoms with Crippen molar-refractivity contribution in [3.05, 3.63) is 34.2 Å². The summed E-state index contributed by atoms with van der Waals surface area (Å²) in [6.45, 7) is 2.12. The van der Waals surface area contributed by atoms with Gasteiger partial charge in [0, 0.05) is 6.04 Å². The maximum Gasteiger partial charge on any atom is 0.337 e. The highest BCUT2D eigenvalue weighted by Crippen LogP contribution is 2.46. The van der Waals surface area contributed by atoms with Crippen LogP contribution in [0.2, 0.25) is 0 Å². The second-order valence-corrected chi connectivity index (χ2v) is 5.16. The van der Waals surface area contributed by atoms with Crippen LogP contribution in [0.1, 0.15) is 42.6 Å². The fourth-order valence-electron chi connectivity index (χ4n) is 2.90. The second kappa shape index (κ2) is 4.26. The average molecular weight is 260 g/mol. The first kappa shape index (κ1) is 12.0. The topological polar surface area (TPSA) is 75.1 Å². The lowest BCUT2D eigenvalue weighted by Gasteiger charge is -2.05. The van der Waals surface area contributed by atoms with Crippen LogP contribution in [0.25, 0.3) is 11.0 Å². The van der Waals surface area contributed by atoms with Gasteiger partial charge in [0.05, 0.1) is 16.6 Å². The minimum atomic E-state index is -0.994. The summed E-state index contributed by atoms with van der Waals surface area (Å²) in [4.78, 5) is 26.1. The quantitative estimate of drug-likeness (QED) is 0.886. The van der Waals surface area contributed by atoms with E-state index in [2.05, 4.69) is 11.9 Å². The Morgan fingerprint density at radius 3 is 3.00 bits per heavy atom. The van der Waals surface area contributed by atoms with Crippen molar-refractivity contribution in [2.24, 2.45) is 5.92 Å². The number of imidazole rings is 1. The normalized spacial score (nSPS) is 21.7. The fourth-order valence-corrected chi connectivity index (χ4v) is 2.90. The Labute approximate surface area is 109 Å². The van der Waals surface area contributed by atoms with Gasteiger partial charge in [-0.25, -0.2) is 9.59 Å². The fraction of sp³-hybridized carbons (Fsp3) is 0.429. The van der Waals surface area contributed by atoms with Crippen molar-refractivity contribution < 1.29 is 9.90 Å². The molecule has 19 heavy (non-hydrogen) atoms. The van der Waals surface area contributed by atoms with Gasteiger partial charge in [-0.3, -0.25) is 4.57 Å². The first-order valence-corrected chi connectivity index (χ1v) is 6.60. The summed E-state index contributed by atoms with van der Waals surface area (Å²) in [6, 6.07) is 5.10. The number of hydrogen-bond acceptors (Lipinski definition) is 2. The van der Waals surface area contributed by atoms with Crippen LogP contribution >= 0.6 is 0 Å². The van der Waals surface area contributed by atoms with E-state index < -0.39 is 5.97 Å². The Kier molecular flexibility index (Phi) is 2.69. The van der Waals surface area contributed by atoms with Crippen LogP contribution in [0.3, 0.4) is 0 Å². The number of para-hydroxylation sites is 1. The first-order chi connectivity index (χ1) is 9.13. The van der Waals surface area contributed by atoms with Crippen molar-refractivity contribution in [3.8, 4) is 0 Å². The molecule has 0 saturated heterocycles. The molecule has 1 aromatic heterocycles. The smallest absolute Gasteiger partial charge is 0.337 e. The summed E-state index contributed by atoms with van der Waals surface area (Å²) in [5, 5.41) is 9.26. The number of nitrogens with one attached hydrogen (secondary N) is 1. The highest BCUT2D eigenvalue weighted by molar-refractivity contribution is 6.01. The number of benzene rings is 1. The third-order valence-corrected chi connectivity index (χ3v) is 3.84. The number of aromatic amines is 1. The predicted octanol–water partition coefficient (Wildman–Crippen LogP) is 2.39. The summed E-state index contributed by atoms with van der Waals surface area (Å²) < 4.78 is 1.64. The maximum absolute atomic E-state index is 12.1. The molecular weight excluding hydrogens is 244 g/mol. The Morgan fingerprint density at radius 2 is 2.32 bits per heavy atom. The third kappa shape index (κ3) is 1.85. The third-order valence-electron chi connectivity index (χ3n) is 3.84. The van der Waals surface area contributed by atoms with E-state index >= 15 is 0 Å². The number of rotatable bonds is 4. The summed E-state index contributed by atoms with van der Waals surface area (Å²) in [6.07, 6.45) is 3.14. The molecule has 0 spiro atoms. The highest BCUT2D eigenvalue weighted by Gasteiger charge is 2.40. The van der Waals surface area contributed by atoms with E-state index in [1.165, 1.54) is 0 Å². The zero-order valence-corrected chi connectivity index (χ0v) is 10.7. The standard InChI is InChI=1S/C14H16N2O3/c1-2-4-8-7-11(8)16-12-9(13(17)18)5-3-6-10(12)15-14(16)19/h3,5-6,8,11H,2,4,7H2,1H3,(H,15,19)(H,17,18). The lowest BCUT2D eigenvalue weighted by atomic mass is 10.2. The molecule has 1 aliphatic carbocycles. The van der Waals surface area contributed by atoms with Crippen molar-refractivity contribution in [1.82, 2.24) is 9.55 Å². The predicted molar refractivity (Wildman–Crippen MR) is 71.6 cm³/mol. The Hall–Kier alpha value is -2.04. The van der Waals surface area contributed by atoms with E-state index in [4.69, 9.17) is 0 Å². The molecule has 1 fully saturated rings. The van der Waals surface area contributed by atoms with Gasteiger partial charge in [-0.15, -0.1) is 0 Å². The lowest BCUT2D eigenvalue weighted by molar-refractivity contribution is 0.0698. The van der Waals surface area contributed by atoms with Gasteiger partial charge in [-0.1, -0.05) is 19.4 Å². The second-order valence-electron chi connectivity index (χ2n) is 5.16. The summed E-state index contributed by atoms with van der Waals surface area (Å²) in [5.41, 5.74) is 1.13. The van der Waals surface area contributed by atoms with Gasteiger partial charge in [-0.2, -0.15) is 0 Å². The lowest BCUT2D eigenvalue weighted by Crippen LogP contribution is -2.17. The molecule has 1 saturated carbocycles. The van der Waals surface area contributed by atoms with Gasteiger partial charge in [0.2, 0.25) is 0 Å². The number of aromatic nitrogens is 2. The van der Waals surface area contributed by atoms with Crippen molar-refractivity contribution in [2.75, 3.05) is 0 Å². The minimum absolute atomic E-state index is 0.154. The molecule has 3 rings (SSSR count). The number of carbonyl (C=O) groups is 1. The zero-order chi connectivity index (χ0) is 13.6. The van der Waals surface area contributed by atoms with E-state index in [0.717, 1.165) is 19.3 Å². The number of H-pyrrole nitrogens is 1. The Morgan fingerprint density at radius 1 is 1.53 bits per heavy atom. The molecule has 2 atom stereocenters. The van der Waals surface area contributed by atoms with Crippen molar-refractivity contribution >= 4 is 17.0 Å². The molecule has 0 amide bonds. The maximum atomic E-state index is 12.1. The summed E-state index contributed by atoms with van der Waals surface area (Å²) >= 11 is 0. The van der Waals surface area contributed by atoms with Crippen LogP contribution in [0, 0.1) is 5.92 Å². The summed E-state index contributed by atoms with van der Waals surface area (Å²) in [5.74, 6) is -0.491. The monoisotopic (exact) mass is 260 g/mol. The van der Waals surface area contributed by atoms with E-state index in [1.54, 1.807) is 22.8 Å². The van der Waals surface area contributed by atoms with Crippen molar-refractivity contribution in [2.45, 2.75) is 32.2 Å². The number of fused-ring (bicyclic) bond motifs is 1. The molecule has 100 valence electrons. The molecular formula is C14H16N2O3. The van der Waals surface area contributed by atoms with Crippen LogP contribution in [-0.4, -0.2) is 20.6 Å². The van der Waals surface area contributed by atoms with Crippen molar-refractivity contribution in [1.29, 1.82) is 0 Å². The molecule has 5 nitrogen and oxygen atoms in total. The molecule has 5 heteroatoms. The molecule has 2 aromatic rings. The highest BCUT2D eigenvalue weighted by atomic mass is 16.4. The molecule has 0 aliphatic heterocycles. The van der Waals surface area contributed by atoms with Crippen LogP contribution in [0.5, 0.6) is 0 Å². The summed E-state index contributed by atoms with van der Waals surface area (Å²) in [7, 11) is 0. The number of hydrogen-bond donors (Lipinski definition) is 2. The van der Waals surface area contributed by atoms with E-state index in [1.807, 2.05) is 0 Å². The SMILES string of the molecule is CCCC1CC1n1c(=O)[nH]c2cccc(C(=O)O)c21. The molecule has 0 radical (unpaired) electrons. The number of carboxylic acids is 1. The molecule has 0 bridgehead atoms. The van der Waals surface area contributed by atoms with E-state index in [0.29, 0.717) is 17.0 Å². The van der Waals surface area contributed by atoms with Gasteiger partial charge >= 0.3 is 11.7 Å². The minimum Gasteiger partial charge on any atom is -0.478 e. The van der Waals surface area contributed by atoms with Crippen molar-refractivity contribution in [3.63, 3.8) is 0 Å². The van der Waals surface area contributed by atoms with Gasteiger partial charge < -0.3 is 10.1 Å². The Balaban J connectivity index is 2.16. The van der Waals surface area contributed by atoms with Crippen LogP contribution in [0.4, 0.5) is 0 Å². The largest absolute Gasteiger partial charge is 0.478 e. The first-order valence-electron chi connectivity index (χ1n) is 6.60. The van der Waals surface area contributed by atoms with E-state index in [9.17, 15) is 14.7 Å². The molecule has 1 heterocycles.